The molecule has 1 aliphatic heterocycles. The minimum atomic E-state index is 0.272. The molecule has 0 spiro atoms. The van der Waals surface area contributed by atoms with Crippen molar-refractivity contribution < 1.29 is 9.47 Å². The highest BCUT2D eigenvalue weighted by atomic mass is 79.9. The number of fused-ring (bicyclic) bond motifs is 1. The Morgan fingerprint density at radius 1 is 1.12 bits per heavy atom. The highest BCUT2D eigenvalue weighted by Crippen LogP contribution is 2.38. The normalized spacial score (nSPS) is 12.5. The third-order valence-corrected chi connectivity index (χ3v) is 5.32. The van der Waals surface area contributed by atoms with Gasteiger partial charge in [0.15, 0.2) is 11.5 Å². The second kappa shape index (κ2) is 6.82. The number of rotatable bonds is 5. The Bertz CT molecular complexity index is 857. The van der Waals surface area contributed by atoms with Crippen LogP contribution < -0.4 is 9.47 Å². The molecule has 122 valence electrons. The maximum Gasteiger partial charge on any atom is 0.231 e. The molecule has 2 heterocycles. The Hall–Kier alpha value is -2.06. The van der Waals surface area contributed by atoms with E-state index >= 15 is 0 Å². The fraction of sp³-hybridized carbons (Fsp3) is 0.188. The van der Waals surface area contributed by atoms with Gasteiger partial charge in [0.1, 0.15) is 0 Å². The number of hydrogen-bond donors (Lipinski definition) is 0. The number of halogens is 1. The highest BCUT2D eigenvalue weighted by molar-refractivity contribution is 9.10. The van der Waals surface area contributed by atoms with Crippen LogP contribution in [0.3, 0.4) is 0 Å². The van der Waals surface area contributed by atoms with Gasteiger partial charge in [-0.2, -0.15) is 0 Å². The molecule has 0 atom stereocenters. The van der Waals surface area contributed by atoms with E-state index in [1.54, 1.807) is 16.4 Å². The van der Waals surface area contributed by atoms with Gasteiger partial charge in [-0.1, -0.05) is 58.0 Å². The van der Waals surface area contributed by atoms with Gasteiger partial charge in [-0.15, -0.1) is 5.10 Å². The molecule has 2 aromatic carbocycles. The van der Waals surface area contributed by atoms with Crippen molar-refractivity contribution in [2.45, 2.75) is 17.5 Å². The standard InChI is InChI=1S/C16H13BrN4O2S/c17-13-7-15-14(22-10-23-15)6-12(13)9-24-16-18-19-20-21(16)8-11-4-2-1-3-5-11/h1-7H,8-10H2. The first-order valence-electron chi connectivity index (χ1n) is 7.30. The fourth-order valence-corrected chi connectivity index (χ4v) is 3.88. The molecular weight excluding hydrogens is 392 g/mol. The van der Waals surface area contributed by atoms with Crippen molar-refractivity contribution in [2.75, 3.05) is 6.79 Å². The largest absolute Gasteiger partial charge is 0.454 e. The molecule has 0 bridgehead atoms. The molecule has 0 saturated carbocycles. The molecule has 1 aliphatic rings. The zero-order chi connectivity index (χ0) is 16.4. The van der Waals surface area contributed by atoms with E-state index in [-0.39, 0.29) is 6.79 Å². The first-order valence-corrected chi connectivity index (χ1v) is 9.08. The molecule has 0 unspecified atom stereocenters. The van der Waals surface area contributed by atoms with E-state index < -0.39 is 0 Å². The molecule has 0 N–H and O–H groups in total. The zero-order valence-corrected chi connectivity index (χ0v) is 15.0. The number of benzene rings is 2. The molecule has 8 heteroatoms. The quantitative estimate of drug-likeness (QED) is 0.606. The molecular formula is C16H13BrN4O2S. The van der Waals surface area contributed by atoms with Gasteiger partial charge < -0.3 is 9.47 Å². The number of thioether (sulfide) groups is 1. The van der Waals surface area contributed by atoms with Gasteiger partial charge in [-0.3, -0.25) is 0 Å². The third-order valence-electron chi connectivity index (χ3n) is 3.57. The smallest absolute Gasteiger partial charge is 0.231 e. The first kappa shape index (κ1) is 15.5. The maximum atomic E-state index is 5.44. The first-order chi connectivity index (χ1) is 11.8. The summed E-state index contributed by atoms with van der Waals surface area (Å²) in [6.45, 7) is 0.923. The number of aromatic nitrogens is 4. The Kier molecular flexibility index (Phi) is 4.40. The minimum absolute atomic E-state index is 0.272. The van der Waals surface area contributed by atoms with Crippen LogP contribution in [0.1, 0.15) is 11.1 Å². The number of nitrogens with zero attached hydrogens (tertiary/aromatic N) is 4. The van der Waals surface area contributed by atoms with Gasteiger partial charge in [-0.05, 0) is 33.7 Å². The van der Waals surface area contributed by atoms with E-state index in [9.17, 15) is 0 Å². The molecule has 0 radical (unpaired) electrons. The lowest BCUT2D eigenvalue weighted by Crippen LogP contribution is -2.03. The Balaban J connectivity index is 1.48. The second-order valence-corrected chi connectivity index (χ2v) is 6.99. The van der Waals surface area contributed by atoms with E-state index in [0.717, 1.165) is 38.0 Å². The Morgan fingerprint density at radius 3 is 2.75 bits per heavy atom. The number of hydrogen-bond acceptors (Lipinski definition) is 6. The van der Waals surface area contributed by atoms with Crippen molar-refractivity contribution in [3.8, 4) is 11.5 Å². The van der Waals surface area contributed by atoms with Crippen molar-refractivity contribution >= 4 is 27.7 Å². The summed E-state index contributed by atoms with van der Waals surface area (Å²) in [6.07, 6.45) is 0. The maximum absolute atomic E-state index is 5.44. The van der Waals surface area contributed by atoms with Crippen molar-refractivity contribution in [1.82, 2.24) is 20.2 Å². The monoisotopic (exact) mass is 404 g/mol. The minimum Gasteiger partial charge on any atom is -0.454 e. The van der Waals surface area contributed by atoms with Crippen LogP contribution in [0.25, 0.3) is 0 Å². The molecule has 24 heavy (non-hydrogen) atoms. The van der Waals surface area contributed by atoms with Gasteiger partial charge in [0.2, 0.25) is 11.9 Å². The summed E-state index contributed by atoms with van der Waals surface area (Å²) in [7, 11) is 0. The van der Waals surface area contributed by atoms with Crippen molar-refractivity contribution in [3.63, 3.8) is 0 Å². The average molecular weight is 405 g/mol. The van der Waals surface area contributed by atoms with Crippen molar-refractivity contribution in [1.29, 1.82) is 0 Å². The molecule has 6 nitrogen and oxygen atoms in total. The fourth-order valence-electron chi connectivity index (χ4n) is 2.37. The number of tetrazole rings is 1. The lowest BCUT2D eigenvalue weighted by molar-refractivity contribution is 0.174. The number of ether oxygens (including phenoxy) is 2. The second-order valence-electron chi connectivity index (χ2n) is 5.19. The topological polar surface area (TPSA) is 62.1 Å². The van der Waals surface area contributed by atoms with Crippen LogP contribution in [-0.4, -0.2) is 27.0 Å². The predicted molar refractivity (Wildman–Crippen MR) is 93.2 cm³/mol. The zero-order valence-electron chi connectivity index (χ0n) is 12.6. The molecule has 3 aromatic rings. The van der Waals surface area contributed by atoms with E-state index in [0.29, 0.717) is 6.54 Å². The SMILES string of the molecule is Brc1cc2c(cc1CSc1nnnn1Cc1ccccc1)OCO2. The highest BCUT2D eigenvalue weighted by Gasteiger charge is 2.17. The molecule has 0 fully saturated rings. The lowest BCUT2D eigenvalue weighted by Gasteiger charge is -2.07. The van der Waals surface area contributed by atoms with Crippen LogP contribution >= 0.6 is 27.7 Å². The van der Waals surface area contributed by atoms with Crippen LogP contribution in [0.4, 0.5) is 0 Å². The van der Waals surface area contributed by atoms with E-state index in [4.69, 9.17) is 9.47 Å². The summed E-state index contributed by atoms with van der Waals surface area (Å²) in [4.78, 5) is 0. The van der Waals surface area contributed by atoms with Crippen LogP contribution in [0.15, 0.2) is 52.1 Å². The average Bonchev–Trinajstić information content (AvgIpc) is 3.22. The lowest BCUT2D eigenvalue weighted by atomic mass is 10.2. The molecule has 4 rings (SSSR count). The molecule has 1 aromatic heterocycles. The molecule has 0 amide bonds. The van der Waals surface area contributed by atoms with Crippen LogP contribution in [0, 0.1) is 0 Å². The third kappa shape index (κ3) is 3.25. The van der Waals surface area contributed by atoms with E-state index in [1.165, 1.54) is 0 Å². The van der Waals surface area contributed by atoms with Gasteiger partial charge in [0.25, 0.3) is 0 Å². The van der Waals surface area contributed by atoms with E-state index in [2.05, 4.69) is 43.6 Å². The van der Waals surface area contributed by atoms with Crippen LogP contribution in [-0.2, 0) is 12.3 Å². The van der Waals surface area contributed by atoms with Gasteiger partial charge in [-0.25, -0.2) is 4.68 Å². The summed E-state index contributed by atoms with van der Waals surface area (Å²) in [5.41, 5.74) is 2.27. The van der Waals surface area contributed by atoms with Crippen molar-refractivity contribution in [2.24, 2.45) is 0 Å². The summed E-state index contributed by atoms with van der Waals surface area (Å²) >= 11 is 5.17. The van der Waals surface area contributed by atoms with Crippen molar-refractivity contribution in [3.05, 3.63) is 58.1 Å². The van der Waals surface area contributed by atoms with Crippen LogP contribution in [0.5, 0.6) is 11.5 Å². The summed E-state index contributed by atoms with van der Waals surface area (Å²) < 4.78 is 13.6. The molecule has 0 aliphatic carbocycles. The summed E-state index contributed by atoms with van der Waals surface area (Å²) in [5, 5.41) is 12.8. The van der Waals surface area contributed by atoms with Gasteiger partial charge in [0.05, 0.1) is 6.54 Å². The summed E-state index contributed by atoms with van der Waals surface area (Å²) in [5.74, 6) is 2.27. The molecule has 0 saturated heterocycles. The Labute approximate surface area is 151 Å². The summed E-state index contributed by atoms with van der Waals surface area (Å²) in [6, 6.07) is 14.1. The van der Waals surface area contributed by atoms with Crippen LogP contribution in [0.2, 0.25) is 0 Å². The van der Waals surface area contributed by atoms with Gasteiger partial charge in [0, 0.05) is 10.2 Å². The predicted octanol–water partition coefficient (Wildman–Crippen LogP) is 3.50. The van der Waals surface area contributed by atoms with Gasteiger partial charge >= 0.3 is 0 Å². The van der Waals surface area contributed by atoms with E-state index in [1.807, 2.05) is 30.3 Å². The Morgan fingerprint density at radius 2 is 1.92 bits per heavy atom.